The molecule has 0 saturated carbocycles. The highest BCUT2D eigenvalue weighted by molar-refractivity contribution is 7.18. The maximum absolute atomic E-state index is 15.8. The molecule has 4 aromatic rings. The lowest BCUT2D eigenvalue weighted by atomic mass is 9.80. The summed E-state index contributed by atoms with van der Waals surface area (Å²) >= 11 is 1.42. The molecule has 0 bridgehead atoms. The molecule has 2 aromatic carbocycles. The molecule has 6 rings (SSSR count). The fraction of sp³-hybridized carbons (Fsp3) is 0.448. The second-order valence-corrected chi connectivity index (χ2v) is 12.8. The van der Waals surface area contributed by atoms with Gasteiger partial charge in [0, 0.05) is 11.6 Å². The minimum absolute atomic E-state index is 0.0400. The number of aliphatic hydroxyl groups excluding tert-OH is 1. The van der Waals surface area contributed by atoms with E-state index in [4.69, 9.17) is 23.9 Å². The summed E-state index contributed by atoms with van der Waals surface area (Å²) < 4.78 is 42.2. The number of aliphatic hydroxyl groups is 1. The number of thiazole rings is 1. The van der Waals surface area contributed by atoms with Gasteiger partial charge in [0.05, 0.1) is 40.6 Å². The highest BCUT2D eigenvalue weighted by Crippen LogP contribution is 2.47. The van der Waals surface area contributed by atoms with Crippen molar-refractivity contribution in [3.63, 3.8) is 0 Å². The van der Waals surface area contributed by atoms with Gasteiger partial charge in [-0.05, 0) is 40.7 Å². The molecule has 4 heterocycles. The van der Waals surface area contributed by atoms with Crippen molar-refractivity contribution >= 4 is 27.6 Å². The Kier molecular flexibility index (Phi) is 7.69. The third-order valence-corrected chi connectivity index (χ3v) is 8.08. The molecule has 2 fully saturated rings. The average Bonchev–Trinajstić information content (AvgIpc) is 3.52. The number of nitrogens with one attached hydrogen (secondary N) is 2. The van der Waals surface area contributed by atoms with Crippen LogP contribution in [0.25, 0.3) is 15.9 Å². The van der Waals surface area contributed by atoms with Crippen molar-refractivity contribution in [3.05, 3.63) is 70.5 Å². The predicted molar refractivity (Wildman–Crippen MR) is 154 cm³/mol. The van der Waals surface area contributed by atoms with Crippen LogP contribution in [0.15, 0.2) is 42.5 Å². The van der Waals surface area contributed by atoms with Crippen LogP contribution in [-0.2, 0) is 24.5 Å². The molecule has 43 heavy (non-hydrogen) atoms. The molecular formula is C29H33FN6O6S. The molecule has 3 N–H and O–H groups in total. The number of aryl methyl sites for hydroxylation is 2. The topological polar surface area (TPSA) is 142 Å². The van der Waals surface area contributed by atoms with Gasteiger partial charge in [-0.15, -0.1) is 11.3 Å². The molecule has 0 radical (unpaired) electrons. The standard InChI is InChI=1S/C29H33FN6O6S/c1-15-31-26(36(35-15)20-12-22-19(11-18(20)30)32-16(2)43-22)29-23(14-40-25(41-29)17-9-7-6-8-10-17)39-13-21(37)24(29)33-34-27(38)42-28(3,4)5/h6-12,21,23-25,33,37H,13-14H2,1-5H3,(H,34,38)/t21-,23+,24+,25?,29+/m0/s1. The Labute approximate surface area is 251 Å². The van der Waals surface area contributed by atoms with Crippen LogP contribution in [0.4, 0.5) is 9.18 Å². The number of benzene rings is 2. The van der Waals surface area contributed by atoms with Gasteiger partial charge < -0.3 is 24.1 Å². The molecule has 2 aromatic heterocycles. The van der Waals surface area contributed by atoms with Gasteiger partial charge in [-0.25, -0.2) is 29.3 Å². The number of ether oxygens (including phenoxy) is 4. The zero-order valence-corrected chi connectivity index (χ0v) is 25.1. The first-order chi connectivity index (χ1) is 20.4. The van der Waals surface area contributed by atoms with Gasteiger partial charge in [0.2, 0.25) is 0 Å². The monoisotopic (exact) mass is 612 g/mol. The average molecular weight is 613 g/mol. The van der Waals surface area contributed by atoms with Crippen LogP contribution in [0, 0.1) is 19.7 Å². The van der Waals surface area contributed by atoms with Crippen LogP contribution in [-0.4, -0.2) is 68.0 Å². The van der Waals surface area contributed by atoms with Gasteiger partial charge >= 0.3 is 6.09 Å². The first-order valence-electron chi connectivity index (χ1n) is 13.8. The predicted octanol–water partition coefficient (Wildman–Crippen LogP) is 3.73. The van der Waals surface area contributed by atoms with E-state index in [9.17, 15) is 9.90 Å². The quantitative estimate of drug-likeness (QED) is 0.286. The molecule has 1 amide bonds. The number of carbonyl (C=O) groups excluding carboxylic acids is 1. The smallest absolute Gasteiger partial charge is 0.422 e. The molecule has 14 heteroatoms. The highest BCUT2D eigenvalue weighted by atomic mass is 32.1. The van der Waals surface area contributed by atoms with Crippen LogP contribution in [0.3, 0.4) is 0 Å². The SMILES string of the molecule is Cc1nc([C@@]23OC(c4ccccc4)OC[C@H]2OC[C@H](O)[C@H]3NNC(=O)OC(C)(C)C)n(-c2cc3sc(C)nc3cc2F)n1. The molecular weight excluding hydrogens is 579 g/mol. The van der Waals surface area contributed by atoms with E-state index in [1.54, 1.807) is 33.8 Å². The summed E-state index contributed by atoms with van der Waals surface area (Å²) in [5, 5.41) is 16.7. The van der Waals surface area contributed by atoms with Crippen molar-refractivity contribution < 1.29 is 33.2 Å². The lowest BCUT2D eigenvalue weighted by molar-refractivity contribution is -0.351. The van der Waals surface area contributed by atoms with Crippen LogP contribution < -0.4 is 10.9 Å². The van der Waals surface area contributed by atoms with E-state index in [0.29, 0.717) is 16.9 Å². The Hall–Kier alpha value is -3.53. The number of halogens is 1. The largest absolute Gasteiger partial charge is 0.443 e. The Bertz CT molecular complexity index is 1640. The van der Waals surface area contributed by atoms with Crippen LogP contribution in [0.5, 0.6) is 0 Å². The second-order valence-electron chi connectivity index (χ2n) is 11.5. The van der Waals surface area contributed by atoms with E-state index in [1.807, 2.05) is 37.3 Å². The maximum atomic E-state index is 15.8. The highest BCUT2D eigenvalue weighted by Gasteiger charge is 2.62. The number of carbonyl (C=O) groups is 1. The minimum Gasteiger partial charge on any atom is -0.443 e. The third-order valence-electron chi connectivity index (χ3n) is 7.15. The van der Waals surface area contributed by atoms with Crippen LogP contribution in [0.1, 0.15) is 49.3 Å². The zero-order chi connectivity index (χ0) is 30.5. The van der Waals surface area contributed by atoms with Crippen molar-refractivity contribution in [2.45, 2.75) is 70.4 Å². The Morgan fingerprint density at radius 1 is 1.16 bits per heavy atom. The van der Waals surface area contributed by atoms with Crippen molar-refractivity contribution in [2.75, 3.05) is 13.2 Å². The molecule has 2 saturated heterocycles. The number of hydrazine groups is 1. The normalized spacial score (nSPS) is 25.8. The van der Waals surface area contributed by atoms with Gasteiger partial charge in [0.1, 0.15) is 23.2 Å². The lowest BCUT2D eigenvalue weighted by Gasteiger charge is -2.53. The van der Waals surface area contributed by atoms with Crippen molar-refractivity contribution in [1.29, 1.82) is 0 Å². The minimum atomic E-state index is -1.64. The van der Waals surface area contributed by atoms with Gasteiger partial charge in [0.15, 0.2) is 23.5 Å². The lowest BCUT2D eigenvalue weighted by Crippen LogP contribution is -2.72. The number of rotatable bonds is 5. The summed E-state index contributed by atoms with van der Waals surface area (Å²) in [5.74, 6) is -0.0911. The van der Waals surface area contributed by atoms with Gasteiger partial charge in [-0.2, -0.15) is 5.10 Å². The molecule has 2 aliphatic heterocycles. The van der Waals surface area contributed by atoms with Crippen LogP contribution in [0.2, 0.25) is 0 Å². The summed E-state index contributed by atoms with van der Waals surface area (Å²) in [6.07, 6.45) is -3.73. The molecule has 228 valence electrons. The van der Waals surface area contributed by atoms with Crippen molar-refractivity contribution in [1.82, 2.24) is 30.6 Å². The fourth-order valence-electron chi connectivity index (χ4n) is 5.43. The third kappa shape index (κ3) is 5.61. The number of amides is 1. The summed E-state index contributed by atoms with van der Waals surface area (Å²) in [5.41, 5.74) is 4.40. The van der Waals surface area contributed by atoms with E-state index in [1.165, 1.54) is 22.1 Å². The van der Waals surface area contributed by atoms with E-state index in [2.05, 4.69) is 20.9 Å². The fourth-order valence-corrected chi connectivity index (χ4v) is 6.27. The number of fused-ring (bicyclic) bond motifs is 2. The maximum Gasteiger partial charge on any atom is 0.422 e. The molecule has 12 nitrogen and oxygen atoms in total. The first-order valence-corrected chi connectivity index (χ1v) is 14.7. The van der Waals surface area contributed by atoms with Gasteiger partial charge in [-0.1, -0.05) is 30.3 Å². The summed E-state index contributed by atoms with van der Waals surface area (Å²) in [6, 6.07) is 11.2. The summed E-state index contributed by atoms with van der Waals surface area (Å²) in [6.45, 7) is 8.68. The van der Waals surface area contributed by atoms with Crippen LogP contribution >= 0.6 is 11.3 Å². The van der Waals surface area contributed by atoms with E-state index < -0.39 is 47.7 Å². The molecule has 0 spiro atoms. The van der Waals surface area contributed by atoms with E-state index in [0.717, 1.165) is 9.71 Å². The number of aromatic nitrogens is 4. The second kappa shape index (κ2) is 11.2. The summed E-state index contributed by atoms with van der Waals surface area (Å²) in [7, 11) is 0. The van der Waals surface area contributed by atoms with Gasteiger partial charge in [0.25, 0.3) is 0 Å². The first kappa shape index (κ1) is 29.5. The molecule has 1 unspecified atom stereocenters. The van der Waals surface area contributed by atoms with Crippen molar-refractivity contribution in [3.8, 4) is 5.69 Å². The Morgan fingerprint density at radius 2 is 1.93 bits per heavy atom. The zero-order valence-electron chi connectivity index (χ0n) is 24.3. The Balaban J connectivity index is 1.50. The summed E-state index contributed by atoms with van der Waals surface area (Å²) in [4.78, 5) is 21.8. The Morgan fingerprint density at radius 3 is 2.67 bits per heavy atom. The molecule has 0 aliphatic carbocycles. The van der Waals surface area contributed by atoms with Gasteiger partial charge in [-0.3, -0.25) is 5.43 Å². The molecule has 2 aliphatic rings. The number of hydrogen-bond donors (Lipinski definition) is 3. The van der Waals surface area contributed by atoms with E-state index >= 15 is 4.39 Å². The number of hydrogen-bond acceptors (Lipinski definition) is 11. The van der Waals surface area contributed by atoms with E-state index in [-0.39, 0.29) is 24.7 Å². The van der Waals surface area contributed by atoms with Crippen molar-refractivity contribution in [2.24, 2.45) is 0 Å². The molecule has 5 atom stereocenters. The number of nitrogens with zero attached hydrogens (tertiary/aromatic N) is 4.